The largest absolute Gasteiger partial charge is 0.452 e. The van der Waals surface area contributed by atoms with Crippen molar-refractivity contribution >= 4 is 22.8 Å². The summed E-state index contributed by atoms with van der Waals surface area (Å²) in [4.78, 5) is 44.6. The fourth-order valence-electron chi connectivity index (χ4n) is 4.18. The number of fused-ring (bicyclic) bond motifs is 2. The molecule has 1 amide bonds. The highest BCUT2D eigenvalue weighted by atomic mass is 16.5. The number of amides is 1. The molecule has 174 valence electrons. The summed E-state index contributed by atoms with van der Waals surface area (Å²) in [6.07, 6.45) is 5.00. The molecule has 0 atom stereocenters. The molecule has 0 unspecified atom stereocenters. The number of ether oxygens (including phenoxy) is 1. The summed E-state index contributed by atoms with van der Waals surface area (Å²) in [6, 6.07) is 4.82. The van der Waals surface area contributed by atoms with E-state index in [0.29, 0.717) is 47.9 Å². The van der Waals surface area contributed by atoms with Crippen molar-refractivity contribution in [1.29, 1.82) is 0 Å². The lowest BCUT2D eigenvalue weighted by molar-refractivity contribution is -0.135. The normalized spacial score (nSPS) is 14.2. The van der Waals surface area contributed by atoms with Crippen LogP contribution in [0.2, 0.25) is 0 Å². The number of aromatic nitrogens is 2. The zero-order valence-corrected chi connectivity index (χ0v) is 19.7. The lowest BCUT2D eigenvalue weighted by Gasteiger charge is -2.26. The van der Waals surface area contributed by atoms with Crippen molar-refractivity contribution in [2.45, 2.75) is 66.3 Å². The van der Waals surface area contributed by atoms with Gasteiger partial charge in [-0.2, -0.15) is 0 Å². The number of hydrogen-bond donors (Lipinski definition) is 0. The fourth-order valence-corrected chi connectivity index (χ4v) is 4.18. The van der Waals surface area contributed by atoms with Gasteiger partial charge in [0.25, 0.3) is 11.5 Å². The Morgan fingerprint density at radius 2 is 1.75 bits per heavy atom. The van der Waals surface area contributed by atoms with E-state index in [9.17, 15) is 14.4 Å². The van der Waals surface area contributed by atoms with Gasteiger partial charge in [0.2, 0.25) is 0 Å². The second-order valence-corrected chi connectivity index (χ2v) is 9.54. The van der Waals surface area contributed by atoms with Gasteiger partial charge in [0.1, 0.15) is 5.82 Å². The molecule has 32 heavy (non-hydrogen) atoms. The van der Waals surface area contributed by atoms with E-state index in [2.05, 4.69) is 27.7 Å². The molecule has 1 aromatic heterocycles. The number of benzene rings is 1. The molecule has 2 heterocycles. The van der Waals surface area contributed by atoms with E-state index < -0.39 is 5.97 Å². The summed E-state index contributed by atoms with van der Waals surface area (Å²) in [5.74, 6) is 0.667. The lowest BCUT2D eigenvalue weighted by Crippen LogP contribution is -2.39. The van der Waals surface area contributed by atoms with E-state index >= 15 is 0 Å². The number of esters is 1. The standard InChI is InChI=1S/C25H35N3O4/c1-17(2)14-27(15-18(3)4)23(29)16-32-25(31)19-10-11-20-21(13-19)26-22-9-7-5-6-8-12-28(22)24(20)30/h10-11,13,17-18H,5-9,12,14-16H2,1-4H3. The Bertz CT molecular complexity index is 1020. The smallest absolute Gasteiger partial charge is 0.338 e. The number of carbonyl (C=O) groups excluding carboxylic acids is 2. The van der Waals surface area contributed by atoms with E-state index in [0.717, 1.165) is 37.9 Å². The van der Waals surface area contributed by atoms with Crippen LogP contribution in [0.3, 0.4) is 0 Å². The van der Waals surface area contributed by atoms with Crippen molar-refractivity contribution in [2.75, 3.05) is 19.7 Å². The van der Waals surface area contributed by atoms with Gasteiger partial charge in [-0.05, 0) is 42.9 Å². The van der Waals surface area contributed by atoms with Gasteiger partial charge in [0.05, 0.1) is 16.5 Å². The number of rotatable bonds is 7. The van der Waals surface area contributed by atoms with Gasteiger partial charge < -0.3 is 9.64 Å². The Balaban J connectivity index is 1.75. The number of nitrogens with zero attached hydrogens (tertiary/aromatic N) is 3. The zero-order valence-electron chi connectivity index (χ0n) is 19.7. The van der Waals surface area contributed by atoms with Crippen LogP contribution in [-0.2, 0) is 22.5 Å². The predicted molar refractivity (Wildman–Crippen MR) is 125 cm³/mol. The zero-order chi connectivity index (χ0) is 23.3. The molecule has 0 spiro atoms. The molecule has 1 aliphatic rings. The van der Waals surface area contributed by atoms with E-state index in [1.165, 1.54) is 0 Å². The molecule has 0 fully saturated rings. The molecular formula is C25H35N3O4. The van der Waals surface area contributed by atoms with Crippen molar-refractivity contribution in [1.82, 2.24) is 14.5 Å². The SMILES string of the molecule is CC(C)CN(CC(C)C)C(=O)COC(=O)c1ccc2c(=O)n3c(nc2c1)CCCCCC3. The molecule has 0 N–H and O–H groups in total. The third kappa shape index (κ3) is 5.96. The van der Waals surface area contributed by atoms with E-state index in [4.69, 9.17) is 9.72 Å². The second-order valence-electron chi connectivity index (χ2n) is 9.54. The molecule has 0 saturated heterocycles. The first-order chi connectivity index (χ1) is 15.3. The van der Waals surface area contributed by atoms with Crippen molar-refractivity contribution in [2.24, 2.45) is 11.8 Å². The Kier molecular flexibility index (Phi) is 8.04. The highest BCUT2D eigenvalue weighted by molar-refractivity contribution is 5.95. The summed E-state index contributed by atoms with van der Waals surface area (Å²) in [5, 5.41) is 0.502. The van der Waals surface area contributed by atoms with Crippen LogP contribution in [0.5, 0.6) is 0 Å². The van der Waals surface area contributed by atoms with E-state index in [1.54, 1.807) is 27.7 Å². The maximum absolute atomic E-state index is 12.9. The van der Waals surface area contributed by atoms with Gasteiger partial charge in [0.15, 0.2) is 6.61 Å². The quantitative estimate of drug-likeness (QED) is 0.610. The monoisotopic (exact) mass is 441 g/mol. The van der Waals surface area contributed by atoms with Crippen LogP contribution in [-0.4, -0.2) is 46.0 Å². The molecule has 0 radical (unpaired) electrons. The van der Waals surface area contributed by atoms with Crippen LogP contribution in [0, 0.1) is 11.8 Å². The second kappa shape index (κ2) is 10.7. The molecule has 0 saturated carbocycles. The third-order valence-corrected chi connectivity index (χ3v) is 5.65. The first-order valence-corrected chi connectivity index (χ1v) is 11.7. The minimum atomic E-state index is -0.581. The molecule has 3 rings (SSSR count). The van der Waals surface area contributed by atoms with E-state index in [1.807, 2.05) is 0 Å². The summed E-state index contributed by atoms with van der Waals surface area (Å²) >= 11 is 0. The summed E-state index contributed by atoms with van der Waals surface area (Å²) in [6.45, 7) is 9.87. The van der Waals surface area contributed by atoms with Crippen LogP contribution in [0.1, 0.15) is 69.6 Å². The molecule has 1 aromatic carbocycles. The van der Waals surface area contributed by atoms with Crippen LogP contribution in [0.4, 0.5) is 0 Å². The van der Waals surface area contributed by atoms with Crippen LogP contribution in [0.25, 0.3) is 10.9 Å². The lowest BCUT2D eigenvalue weighted by atomic mass is 10.1. The van der Waals surface area contributed by atoms with Crippen LogP contribution >= 0.6 is 0 Å². The molecule has 7 nitrogen and oxygen atoms in total. The molecule has 2 aromatic rings. The first-order valence-electron chi connectivity index (χ1n) is 11.7. The highest BCUT2D eigenvalue weighted by Crippen LogP contribution is 2.17. The van der Waals surface area contributed by atoms with Crippen molar-refractivity contribution in [3.8, 4) is 0 Å². The molecular weight excluding hydrogens is 406 g/mol. The topological polar surface area (TPSA) is 81.5 Å². The summed E-state index contributed by atoms with van der Waals surface area (Å²) < 4.78 is 7.10. The molecule has 1 aliphatic heterocycles. The number of aryl methyl sites for hydroxylation is 1. The highest BCUT2D eigenvalue weighted by Gasteiger charge is 2.20. The Morgan fingerprint density at radius 3 is 2.44 bits per heavy atom. The van der Waals surface area contributed by atoms with Gasteiger partial charge in [-0.15, -0.1) is 0 Å². The van der Waals surface area contributed by atoms with Gasteiger partial charge in [-0.1, -0.05) is 40.5 Å². The van der Waals surface area contributed by atoms with E-state index in [-0.39, 0.29) is 18.1 Å². The molecule has 0 aliphatic carbocycles. The minimum absolute atomic E-state index is 0.0555. The Morgan fingerprint density at radius 1 is 1.06 bits per heavy atom. The maximum Gasteiger partial charge on any atom is 0.338 e. The number of hydrogen-bond acceptors (Lipinski definition) is 5. The van der Waals surface area contributed by atoms with Gasteiger partial charge in [-0.3, -0.25) is 14.2 Å². The minimum Gasteiger partial charge on any atom is -0.452 e. The average Bonchev–Trinajstić information content (AvgIpc) is 2.71. The van der Waals surface area contributed by atoms with Gasteiger partial charge >= 0.3 is 5.97 Å². The Labute approximate surface area is 189 Å². The van der Waals surface area contributed by atoms with Crippen molar-refractivity contribution in [3.05, 3.63) is 39.9 Å². The Hall–Kier alpha value is -2.70. The fraction of sp³-hybridized carbons (Fsp3) is 0.600. The molecule has 7 heteroatoms. The maximum atomic E-state index is 12.9. The predicted octanol–water partition coefficient (Wildman–Crippen LogP) is 3.81. The van der Waals surface area contributed by atoms with Crippen LogP contribution < -0.4 is 5.56 Å². The van der Waals surface area contributed by atoms with Crippen LogP contribution in [0.15, 0.2) is 23.0 Å². The summed E-state index contributed by atoms with van der Waals surface area (Å²) in [5.41, 5.74) is 0.746. The van der Waals surface area contributed by atoms with Crippen molar-refractivity contribution in [3.63, 3.8) is 0 Å². The van der Waals surface area contributed by atoms with Crippen molar-refractivity contribution < 1.29 is 14.3 Å². The van der Waals surface area contributed by atoms with Gasteiger partial charge in [0, 0.05) is 26.1 Å². The third-order valence-electron chi connectivity index (χ3n) is 5.65. The summed E-state index contributed by atoms with van der Waals surface area (Å²) in [7, 11) is 0. The first kappa shape index (κ1) is 24.0. The average molecular weight is 442 g/mol. The number of carbonyl (C=O) groups is 2. The van der Waals surface area contributed by atoms with Gasteiger partial charge in [-0.25, -0.2) is 9.78 Å². The molecule has 0 bridgehead atoms.